The van der Waals surface area contributed by atoms with Gasteiger partial charge in [0.2, 0.25) is 6.41 Å². The SMILES string of the molecule is O=CN(C1CC1)C(C(=O)O)c1ccccc1OC(F)F. The van der Waals surface area contributed by atoms with Crippen LogP contribution in [0.1, 0.15) is 24.4 Å². The standard InChI is InChI=1S/C13H13F2NO4/c14-13(15)20-10-4-2-1-3-9(10)11(12(18)19)16(7-17)8-5-6-8/h1-4,7-8,11,13H,5-6H2,(H,18,19). The maximum Gasteiger partial charge on any atom is 0.387 e. The molecule has 108 valence electrons. The number of carbonyl (C=O) groups excluding carboxylic acids is 1. The summed E-state index contributed by atoms with van der Waals surface area (Å²) in [7, 11) is 0. The lowest BCUT2D eigenvalue weighted by atomic mass is 10.0. The Morgan fingerprint density at radius 1 is 1.40 bits per heavy atom. The number of hydrogen-bond acceptors (Lipinski definition) is 3. The van der Waals surface area contributed by atoms with Crippen LogP contribution in [-0.4, -0.2) is 35.0 Å². The Morgan fingerprint density at radius 2 is 2.05 bits per heavy atom. The Bertz CT molecular complexity index is 505. The van der Waals surface area contributed by atoms with E-state index in [1.54, 1.807) is 0 Å². The van der Waals surface area contributed by atoms with E-state index in [0.717, 1.165) is 4.90 Å². The zero-order valence-corrected chi connectivity index (χ0v) is 10.4. The third-order valence-electron chi connectivity index (χ3n) is 3.05. The van der Waals surface area contributed by atoms with Gasteiger partial charge in [-0.3, -0.25) is 4.79 Å². The molecule has 7 heteroatoms. The highest BCUT2D eigenvalue weighted by Crippen LogP contribution is 2.37. The smallest absolute Gasteiger partial charge is 0.387 e. The van der Waals surface area contributed by atoms with Gasteiger partial charge in [-0.15, -0.1) is 0 Å². The predicted octanol–water partition coefficient (Wildman–Crippen LogP) is 2.03. The van der Waals surface area contributed by atoms with E-state index in [4.69, 9.17) is 0 Å². The second-order valence-electron chi connectivity index (χ2n) is 4.44. The van der Waals surface area contributed by atoms with Crippen LogP contribution in [0.4, 0.5) is 8.78 Å². The molecule has 5 nitrogen and oxygen atoms in total. The summed E-state index contributed by atoms with van der Waals surface area (Å²) in [5.74, 6) is -1.52. The summed E-state index contributed by atoms with van der Waals surface area (Å²) >= 11 is 0. The molecule has 0 aromatic heterocycles. The number of amides is 1. The van der Waals surface area contributed by atoms with Crippen molar-refractivity contribution in [2.75, 3.05) is 0 Å². The molecule has 0 aliphatic heterocycles. The number of hydrogen-bond donors (Lipinski definition) is 1. The van der Waals surface area contributed by atoms with Crippen molar-refractivity contribution in [1.29, 1.82) is 0 Å². The molecule has 1 aliphatic carbocycles. The first-order chi connectivity index (χ1) is 9.54. The highest BCUT2D eigenvalue weighted by Gasteiger charge is 2.38. The van der Waals surface area contributed by atoms with Crippen LogP contribution in [0.5, 0.6) is 5.75 Å². The van der Waals surface area contributed by atoms with Gasteiger partial charge in [-0.2, -0.15) is 8.78 Å². The largest absolute Gasteiger partial charge is 0.479 e. The zero-order chi connectivity index (χ0) is 14.7. The van der Waals surface area contributed by atoms with Crippen molar-refractivity contribution < 1.29 is 28.2 Å². The summed E-state index contributed by atoms with van der Waals surface area (Å²) in [6.07, 6.45) is 1.86. The first-order valence-corrected chi connectivity index (χ1v) is 6.04. The van der Waals surface area contributed by atoms with E-state index in [2.05, 4.69) is 4.74 Å². The molecule has 1 fully saturated rings. The molecule has 0 bridgehead atoms. The summed E-state index contributed by atoms with van der Waals surface area (Å²) in [5, 5.41) is 9.32. The zero-order valence-electron chi connectivity index (χ0n) is 10.4. The lowest BCUT2D eigenvalue weighted by molar-refractivity contribution is -0.147. The Balaban J connectivity index is 2.38. The lowest BCUT2D eigenvalue weighted by Crippen LogP contribution is -2.35. The van der Waals surface area contributed by atoms with Gasteiger partial charge in [-0.05, 0) is 18.9 Å². The van der Waals surface area contributed by atoms with Gasteiger partial charge in [-0.1, -0.05) is 18.2 Å². The Morgan fingerprint density at radius 3 is 2.55 bits per heavy atom. The van der Waals surface area contributed by atoms with Gasteiger partial charge in [0.05, 0.1) is 0 Å². The van der Waals surface area contributed by atoms with Gasteiger partial charge < -0.3 is 14.7 Å². The van der Waals surface area contributed by atoms with Crippen molar-refractivity contribution in [2.45, 2.75) is 31.5 Å². The van der Waals surface area contributed by atoms with Crippen LogP contribution in [0.2, 0.25) is 0 Å². The van der Waals surface area contributed by atoms with Gasteiger partial charge in [-0.25, -0.2) is 4.79 Å². The number of ether oxygens (including phenoxy) is 1. The fourth-order valence-electron chi connectivity index (χ4n) is 2.06. The van der Waals surface area contributed by atoms with Crippen LogP contribution < -0.4 is 4.74 Å². The second-order valence-corrected chi connectivity index (χ2v) is 4.44. The van der Waals surface area contributed by atoms with Gasteiger partial charge in [0, 0.05) is 11.6 Å². The van der Waals surface area contributed by atoms with Crippen LogP contribution in [0.15, 0.2) is 24.3 Å². The maximum atomic E-state index is 12.4. The van der Waals surface area contributed by atoms with Crippen LogP contribution in [0.25, 0.3) is 0 Å². The number of alkyl halides is 2. The number of carbonyl (C=O) groups is 2. The molecule has 1 saturated carbocycles. The van der Waals surface area contributed by atoms with E-state index < -0.39 is 18.6 Å². The summed E-state index contributed by atoms with van der Waals surface area (Å²) in [4.78, 5) is 23.7. The molecule has 20 heavy (non-hydrogen) atoms. The fraction of sp³-hybridized carbons (Fsp3) is 0.385. The molecular weight excluding hydrogens is 272 g/mol. The number of para-hydroxylation sites is 1. The molecule has 0 saturated heterocycles. The molecule has 1 atom stereocenters. The first-order valence-electron chi connectivity index (χ1n) is 6.04. The normalized spacial score (nSPS) is 15.8. The summed E-state index contributed by atoms with van der Waals surface area (Å²) in [6, 6.07) is 4.12. The van der Waals surface area contributed by atoms with Crippen molar-refractivity contribution in [2.24, 2.45) is 0 Å². The topological polar surface area (TPSA) is 66.8 Å². The number of carboxylic acids is 1. The van der Waals surface area contributed by atoms with Gasteiger partial charge in [0.25, 0.3) is 0 Å². The van der Waals surface area contributed by atoms with Crippen LogP contribution in [-0.2, 0) is 9.59 Å². The van der Waals surface area contributed by atoms with Crippen LogP contribution in [0, 0.1) is 0 Å². The number of aliphatic carboxylic acids is 1. The Kier molecular flexibility index (Phi) is 4.16. The van der Waals surface area contributed by atoms with Crippen molar-refractivity contribution in [3.8, 4) is 5.75 Å². The molecular formula is C13H13F2NO4. The number of halogens is 2. The van der Waals surface area contributed by atoms with Gasteiger partial charge >= 0.3 is 12.6 Å². The summed E-state index contributed by atoms with van der Waals surface area (Å²) in [5.41, 5.74) is 0.0410. The van der Waals surface area contributed by atoms with Crippen molar-refractivity contribution in [3.05, 3.63) is 29.8 Å². The molecule has 1 aromatic rings. The van der Waals surface area contributed by atoms with Crippen molar-refractivity contribution >= 4 is 12.4 Å². The number of carboxylic acid groups (broad SMARTS) is 1. The third-order valence-corrected chi connectivity index (χ3v) is 3.05. The average Bonchev–Trinajstić information content (AvgIpc) is 3.20. The second kappa shape index (κ2) is 5.85. The minimum Gasteiger partial charge on any atom is -0.479 e. The molecule has 1 N–H and O–H groups in total. The third kappa shape index (κ3) is 3.04. The van der Waals surface area contributed by atoms with E-state index in [1.165, 1.54) is 24.3 Å². The van der Waals surface area contributed by atoms with E-state index >= 15 is 0 Å². The number of rotatable bonds is 7. The number of benzene rings is 1. The highest BCUT2D eigenvalue weighted by atomic mass is 19.3. The minimum absolute atomic E-state index is 0.0410. The molecule has 1 amide bonds. The molecule has 1 aliphatic rings. The predicted molar refractivity (Wildman–Crippen MR) is 64.4 cm³/mol. The van der Waals surface area contributed by atoms with E-state index in [9.17, 15) is 23.5 Å². The maximum absolute atomic E-state index is 12.4. The molecule has 0 heterocycles. The summed E-state index contributed by atoms with van der Waals surface area (Å²) in [6.45, 7) is -3.06. The Hall–Kier alpha value is -2.18. The van der Waals surface area contributed by atoms with E-state index in [1.807, 2.05) is 0 Å². The molecule has 1 unspecified atom stereocenters. The number of nitrogens with zero attached hydrogens (tertiary/aromatic N) is 1. The van der Waals surface area contributed by atoms with E-state index in [0.29, 0.717) is 19.3 Å². The Labute approximate surface area is 113 Å². The molecule has 0 radical (unpaired) electrons. The highest BCUT2D eigenvalue weighted by molar-refractivity contribution is 5.79. The van der Waals surface area contributed by atoms with Gasteiger partial charge in [0.1, 0.15) is 5.75 Å². The van der Waals surface area contributed by atoms with Crippen LogP contribution in [0.3, 0.4) is 0 Å². The van der Waals surface area contributed by atoms with Crippen molar-refractivity contribution in [1.82, 2.24) is 4.90 Å². The molecule has 0 spiro atoms. The minimum atomic E-state index is -3.06. The van der Waals surface area contributed by atoms with Gasteiger partial charge in [0.15, 0.2) is 6.04 Å². The molecule has 2 rings (SSSR count). The lowest BCUT2D eigenvalue weighted by Gasteiger charge is -2.26. The first kappa shape index (κ1) is 14.2. The quantitative estimate of drug-likeness (QED) is 0.778. The monoisotopic (exact) mass is 285 g/mol. The fourth-order valence-corrected chi connectivity index (χ4v) is 2.06. The van der Waals surface area contributed by atoms with E-state index in [-0.39, 0.29) is 17.4 Å². The summed E-state index contributed by atoms with van der Waals surface area (Å²) < 4.78 is 29.1. The molecule has 1 aromatic carbocycles. The average molecular weight is 285 g/mol. The van der Waals surface area contributed by atoms with Crippen LogP contribution >= 0.6 is 0 Å². The van der Waals surface area contributed by atoms with Crippen molar-refractivity contribution in [3.63, 3.8) is 0 Å².